The average molecular weight is 419 g/mol. The lowest BCUT2D eigenvalue weighted by Crippen LogP contribution is -2.01. The third kappa shape index (κ3) is 4.01. The normalized spacial score (nSPS) is 10.4. The lowest BCUT2D eigenvalue weighted by atomic mass is 10.2. The lowest BCUT2D eigenvalue weighted by molar-refractivity contribution is -0.386. The summed E-state index contributed by atoms with van der Waals surface area (Å²) in [4.78, 5) is 10.5. The molecule has 2 aromatic carbocycles. The van der Waals surface area contributed by atoms with Gasteiger partial charge in [0, 0.05) is 21.4 Å². The fraction of sp³-hybridized carbons (Fsp3) is 0.143. The molecular formula is C14H10Br2FNO3. The Balaban J connectivity index is 2.26. The van der Waals surface area contributed by atoms with Crippen LogP contribution in [0.3, 0.4) is 0 Å². The number of rotatable bonds is 5. The largest absolute Gasteiger partial charge is 0.482 e. The van der Waals surface area contributed by atoms with E-state index in [2.05, 4.69) is 31.9 Å². The van der Waals surface area contributed by atoms with E-state index >= 15 is 0 Å². The van der Waals surface area contributed by atoms with E-state index < -0.39 is 10.7 Å². The summed E-state index contributed by atoms with van der Waals surface area (Å²) in [5.74, 6) is -0.297. The van der Waals surface area contributed by atoms with Gasteiger partial charge in [-0.3, -0.25) is 10.1 Å². The second kappa shape index (κ2) is 7.00. The summed E-state index contributed by atoms with van der Waals surface area (Å²) >= 11 is 6.53. The van der Waals surface area contributed by atoms with E-state index in [1.165, 1.54) is 12.1 Å². The van der Waals surface area contributed by atoms with E-state index in [9.17, 15) is 14.5 Å². The van der Waals surface area contributed by atoms with E-state index in [1.807, 2.05) is 0 Å². The van der Waals surface area contributed by atoms with Crippen LogP contribution in [0.25, 0.3) is 0 Å². The minimum absolute atomic E-state index is 0.0855. The highest BCUT2D eigenvalue weighted by molar-refractivity contribution is 9.10. The second-order valence-corrected chi connectivity index (χ2v) is 5.69. The smallest absolute Gasteiger partial charge is 0.310 e. The molecule has 110 valence electrons. The van der Waals surface area contributed by atoms with Gasteiger partial charge in [-0.2, -0.15) is 0 Å². The molecular weight excluding hydrogens is 409 g/mol. The molecule has 0 amide bonds. The molecule has 0 saturated carbocycles. The van der Waals surface area contributed by atoms with Crippen LogP contribution < -0.4 is 4.74 Å². The van der Waals surface area contributed by atoms with Crippen molar-refractivity contribution in [3.05, 3.63) is 67.9 Å². The molecule has 2 rings (SSSR count). The number of benzene rings is 2. The van der Waals surface area contributed by atoms with Crippen molar-refractivity contribution >= 4 is 37.5 Å². The molecule has 0 aliphatic heterocycles. The van der Waals surface area contributed by atoms with Crippen LogP contribution in [0.2, 0.25) is 0 Å². The molecule has 0 fully saturated rings. The Labute approximate surface area is 137 Å². The van der Waals surface area contributed by atoms with E-state index in [0.29, 0.717) is 15.4 Å². The predicted molar refractivity (Wildman–Crippen MR) is 84.2 cm³/mol. The highest BCUT2D eigenvalue weighted by atomic mass is 79.9. The Kier molecular flexibility index (Phi) is 5.30. The van der Waals surface area contributed by atoms with Gasteiger partial charge in [0.25, 0.3) is 0 Å². The number of hydrogen-bond acceptors (Lipinski definition) is 3. The van der Waals surface area contributed by atoms with Gasteiger partial charge in [0.15, 0.2) is 5.75 Å². The van der Waals surface area contributed by atoms with Gasteiger partial charge in [-0.15, -0.1) is 0 Å². The minimum Gasteiger partial charge on any atom is -0.482 e. The summed E-state index contributed by atoms with van der Waals surface area (Å²) in [6, 6.07) is 9.06. The minimum atomic E-state index is -0.523. The number of alkyl halides is 1. The van der Waals surface area contributed by atoms with Crippen molar-refractivity contribution in [2.24, 2.45) is 0 Å². The summed E-state index contributed by atoms with van der Waals surface area (Å²) in [5, 5.41) is 11.5. The monoisotopic (exact) mass is 417 g/mol. The molecule has 0 aliphatic carbocycles. The first-order chi connectivity index (χ1) is 10.0. The Morgan fingerprint density at radius 1 is 1.24 bits per heavy atom. The van der Waals surface area contributed by atoms with Gasteiger partial charge in [0.1, 0.15) is 12.4 Å². The zero-order valence-electron chi connectivity index (χ0n) is 10.7. The number of nitro groups is 1. The molecule has 0 atom stereocenters. The average Bonchev–Trinajstić information content (AvgIpc) is 2.47. The van der Waals surface area contributed by atoms with Crippen LogP contribution in [0.15, 0.2) is 40.9 Å². The fourth-order valence-electron chi connectivity index (χ4n) is 1.72. The molecule has 0 bridgehead atoms. The Morgan fingerprint density at radius 3 is 2.67 bits per heavy atom. The SMILES string of the molecule is O=[N+]([O-])c1ccc(CBr)cc1OCc1cc(Br)ccc1F. The van der Waals surface area contributed by atoms with Crippen molar-refractivity contribution < 1.29 is 14.1 Å². The van der Waals surface area contributed by atoms with Crippen LogP contribution in [0.4, 0.5) is 10.1 Å². The fourth-order valence-corrected chi connectivity index (χ4v) is 2.47. The lowest BCUT2D eigenvalue weighted by Gasteiger charge is -2.09. The number of hydrogen-bond donors (Lipinski definition) is 0. The topological polar surface area (TPSA) is 52.4 Å². The van der Waals surface area contributed by atoms with E-state index in [0.717, 1.165) is 5.56 Å². The maximum absolute atomic E-state index is 13.6. The standard InChI is InChI=1S/C14H10Br2FNO3/c15-7-9-1-4-13(18(19)20)14(5-9)21-8-10-6-11(16)2-3-12(10)17/h1-6H,7-8H2. The molecule has 21 heavy (non-hydrogen) atoms. The Morgan fingerprint density at radius 2 is 2.00 bits per heavy atom. The van der Waals surface area contributed by atoms with Crippen LogP contribution in [0, 0.1) is 15.9 Å². The quantitative estimate of drug-likeness (QED) is 0.391. The van der Waals surface area contributed by atoms with E-state index in [4.69, 9.17) is 4.74 Å². The maximum Gasteiger partial charge on any atom is 0.310 e. The Hall–Kier alpha value is -1.47. The van der Waals surface area contributed by atoms with Crippen molar-refractivity contribution in [3.8, 4) is 5.75 Å². The summed E-state index contributed by atoms with van der Waals surface area (Å²) in [6.07, 6.45) is 0. The van der Waals surface area contributed by atoms with Gasteiger partial charge in [-0.25, -0.2) is 4.39 Å². The van der Waals surface area contributed by atoms with Gasteiger partial charge in [-0.05, 0) is 29.8 Å². The van der Waals surface area contributed by atoms with Gasteiger partial charge in [-0.1, -0.05) is 37.9 Å². The summed E-state index contributed by atoms with van der Waals surface area (Å²) in [7, 11) is 0. The van der Waals surface area contributed by atoms with E-state index in [-0.39, 0.29) is 18.0 Å². The summed E-state index contributed by atoms with van der Waals surface area (Å²) < 4.78 is 19.8. The van der Waals surface area contributed by atoms with Crippen molar-refractivity contribution in [1.82, 2.24) is 0 Å². The van der Waals surface area contributed by atoms with Crippen LogP contribution in [-0.2, 0) is 11.9 Å². The first-order valence-electron chi connectivity index (χ1n) is 5.91. The second-order valence-electron chi connectivity index (χ2n) is 4.22. The first kappa shape index (κ1) is 15.9. The van der Waals surface area contributed by atoms with Gasteiger partial charge in [0.05, 0.1) is 4.92 Å². The zero-order valence-corrected chi connectivity index (χ0v) is 13.9. The molecule has 7 heteroatoms. The van der Waals surface area contributed by atoms with Crippen molar-refractivity contribution in [1.29, 1.82) is 0 Å². The van der Waals surface area contributed by atoms with Gasteiger partial charge >= 0.3 is 5.69 Å². The molecule has 0 radical (unpaired) electrons. The first-order valence-corrected chi connectivity index (χ1v) is 7.82. The summed E-state index contributed by atoms with van der Waals surface area (Å²) in [6.45, 7) is -0.0855. The third-order valence-corrected chi connectivity index (χ3v) is 3.91. The van der Waals surface area contributed by atoms with Crippen molar-refractivity contribution in [3.63, 3.8) is 0 Å². The molecule has 0 unspecified atom stereocenters. The molecule has 0 saturated heterocycles. The van der Waals surface area contributed by atoms with Gasteiger partial charge in [0.2, 0.25) is 0 Å². The zero-order chi connectivity index (χ0) is 15.4. The third-order valence-electron chi connectivity index (χ3n) is 2.77. The van der Waals surface area contributed by atoms with Crippen molar-refractivity contribution in [2.75, 3.05) is 0 Å². The highest BCUT2D eigenvalue weighted by Crippen LogP contribution is 2.30. The molecule has 2 aromatic rings. The van der Waals surface area contributed by atoms with Crippen LogP contribution in [0.5, 0.6) is 5.75 Å². The molecule has 4 nitrogen and oxygen atoms in total. The van der Waals surface area contributed by atoms with E-state index in [1.54, 1.807) is 24.3 Å². The Bertz CT molecular complexity index is 679. The van der Waals surface area contributed by atoms with Gasteiger partial charge < -0.3 is 4.74 Å². The molecule has 0 heterocycles. The number of nitrogens with zero attached hydrogens (tertiary/aromatic N) is 1. The molecule has 0 N–H and O–H groups in total. The molecule has 0 spiro atoms. The number of nitro benzene ring substituents is 1. The predicted octanol–water partition coefficient (Wildman–Crippen LogP) is 4.97. The highest BCUT2D eigenvalue weighted by Gasteiger charge is 2.16. The van der Waals surface area contributed by atoms with Crippen LogP contribution >= 0.6 is 31.9 Å². The number of halogens is 3. The number of ether oxygens (including phenoxy) is 1. The van der Waals surface area contributed by atoms with Crippen LogP contribution in [-0.4, -0.2) is 4.92 Å². The summed E-state index contributed by atoms with van der Waals surface area (Å²) in [5.41, 5.74) is 1.02. The maximum atomic E-state index is 13.6. The van der Waals surface area contributed by atoms with Crippen molar-refractivity contribution in [2.45, 2.75) is 11.9 Å². The molecule has 0 aromatic heterocycles. The molecule has 0 aliphatic rings. The van der Waals surface area contributed by atoms with Crippen LogP contribution in [0.1, 0.15) is 11.1 Å².